The van der Waals surface area contributed by atoms with E-state index in [0.717, 1.165) is 10.9 Å². The Balaban J connectivity index is 1.75. The molecule has 1 saturated heterocycles. The van der Waals surface area contributed by atoms with E-state index in [4.69, 9.17) is 14.2 Å². The van der Waals surface area contributed by atoms with Gasteiger partial charge in [-0.1, -0.05) is 17.7 Å². The molecule has 2 aliphatic heterocycles. The number of ether oxygens (including phenoxy) is 3. The van der Waals surface area contributed by atoms with Crippen LogP contribution in [0.1, 0.15) is 5.56 Å². The number of hydrogen-bond donors (Lipinski definition) is 0. The first-order valence-electron chi connectivity index (χ1n) is 9.91. The lowest BCUT2D eigenvalue weighted by molar-refractivity contribution is 0.122. The molecular formula is C22H22N2O5S. The normalized spacial score (nSPS) is 16.6. The molecule has 3 aromatic rings. The zero-order valence-corrected chi connectivity index (χ0v) is 17.4. The number of benzene rings is 2. The quantitative estimate of drug-likeness (QED) is 0.637. The number of fused-ring (bicyclic) bond motifs is 2. The van der Waals surface area contributed by atoms with Gasteiger partial charge in [0.15, 0.2) is 11.5 Å². The summed E-state index contributed by atoms with van der Waals surface area (Å²) < 4.78 is 44.1. The molecule has 7 nitrogen and oxygen atoms in total. The fourth-order valence-electron chi connectivity index (χ4n) is 3.85. The smallest absolute Gasteiger partial charge is 0.210 e. The first kappa shape index (κ1) is 19.1. The van der Waals surface area contributed by atoms with Crippen LogP contribution < -0.4 is 14.4 Å². The second-order valence-electron chi connectivity index (χ2n) is 7.40. The third-order valence-corrected chi connectivity index (χ3v) is 7.19. The molecule has 0 spiro atoms. The summed E-state index contributed by atoms with van der Waals surface area (Å²) in [4.78, 5) is 6.98. The van der Waals surface area contributed by atoms with Crippen molar-refractivity contribution in [1.82, 2.24) is 4.98 Å². The van der Waals surface area contributed by atoms with E-state index in [1.54, 1.807) is 24.3 Å². The Hall–Kier alpha value is -2.84. The van der Waals surface area contributed by atoms with Gasteiger partial charge in [-0.15, -0.1) is 0 Å². The maximum atomic E-state index is 13.6. The molecule has 0 bridgehead atoms. The van der Waals surface area contributed by atoms with E-state index < -0.39 is 9.84 Å². The van der Waals surface area contributed by atoms with Crippen molar-refractivity contribution in [2.75, 3.05) is 44.4 Å². The standard InChI is InChI=1S/C22H22N2O5S/c1-15-2-4-16(5-3-15)30(25,26)21-14-23-18-13-20-19(28-10-11-29-20)12-17(18)22(21)24-6-8-27-9-7-24/h2-5,12-14H,6-11H2,1H3. The van der Waals surface area contributed by atoms with Crippen molar-refractivity contribution < 1.29 is 22.6 Å². The minimum Gasteiger partial charge on any atom is -0.486 e. The zero-order chi connectivity index (χ0) is 20.7. The molecule has 2 aromatic carbocycles. The van der Waals surface area contributed by atoms with E-state index in [2.05, 4.69) is 9.88 Å². The third kappa shape index (κ3) is 3.26. The van der Waals surface area contributed by atoms with Crippen LogP contribution in [-0.2, 0) is 14.6 Å². The number of morpholine rings is 1. The molecule has 30 heavy (non-hydrogen) atoms. The van der Waals surface area contributed by atoms with Crippen LogP contribution in [0.25, 0.3) is 10.9 Å². The number of aryl methyl sites for hydroxylation is 1. The van der Waals surface area contributed by atoms with Crippen LogP contribution in [0.15, 0.2) is 52.4 Å². The lowest BCUT2D eigenvalue weighted by atomic mass is 10.1. The fourth-order valence-corrected chi connectivity index (χ4v) is 5.28. The summed E-state index contributed by atoms with van der Waals surface area (Å²) in [5.41, 5.74) is 2.31. The van der Waals surface area contributed by atoms with Crippen molar-refractivity contribution in [1.29, 1.82) is 0 Å². The Kier molecular flexibility index (Phi) is 4.75. The van der Waals surface area contributed by atoms with E-state index in [0.29, 0.717) is 62.2 Å². The maximum Gasteiger partial charge on any atom is 0.210 e. The van der Waals surface area contributed by atoms with E-state index in [-0.39, 0.29) is 9.79 Å². The molecule has 1 fully saturated rings. The fraction of sp³-hybridized carbons (Fsp3) is 0.318. The van der Waals surface area contributed by atoms with Crippen molar-refractivity contribution in [3.8, 4) is 11.5 Å². The molecule has 3 heterocycles. The van der Waals surface area contributed by atoms with Crippen LogP contribution in [0.2, 0.25) is 0 Å². The lowest BCUT2D eigenvalue weighted by Crippen LogP contribution is -2.37. The SMILES string of the molecule is Cc1ccc(S(=O)(=O)c2cnc3cc4c(cc3c2N2CCOCC2)OCCO4)cc1. The molecule has 0 amide bonds. The van der Waals surface area contributed by atoms with Gasteiger partial charge in [0.25, 0.3) is 0 Å². The first-order chi connectivity index (χ1) is 14.5. The molecule has 5 rings (SSSR count). The van der Waals surface area contributed by atoms with E-state index in [9.17, 15) is 8.42 Å². The molecule has 0 unspecified atom stereocenters. The largest absolute Gasteiger partial charge is 0.486 e. The van der Waals surface area contributed by atoms with Crippen molar-refractivity contribution in [3.05, 3.63) is 48.2 Å². The lowest BCUT2D eigenvalue weighted by Gasteiger charge is -2.31. The van der Waals surface area contributed by atoms with Crippen LogP contribution in [0.3, 0.4) is 0 Å². The maximum absolute atomic E-state index is 13.6. The topological polar surface area (TPSA) is 78.0 Å². The minimum absolute atomic E-state index is 0.192. The average Bonchev–Trinajstić information content (AvgIpc) is 2.77. The van der Waals surface area contributed by atoms with Gasteiger partial charge < -0.3 is 19.1 Å². The van der Waals surface area contributed by atoms with E-state index >= 15 is 0 Å². The minimum atomic E-state index is -3.77. The van der Waals surface area contributed by atoms with Crippen LogP contribution in [0, 0.1) is 6.92 Å². The van der Waals surface area contributed by atoms with Crippen molar-refractivity contribution in [3.63, 3.8) is 0 Å². The van der Waals surface area contributed by atoms with Crippen molar-refractivity contribution in [2.24, 2.45) is 0 Å². The van der Waals surface area contributed by atoms with Crippen LogP contribution in [0.4, 0.5) is 5.69 Å². The van der Waals surface area contributed by atoms with E-state index in [1.165, 1.54) is 6.20 Å². The molecular weight excluding hydrogens is 404 g/mol. The monoisotopic (exact) mass is 426 g/mol. The van der Waals surface area contributed by atoms with Gasteiger partial charge in [-0.3, -0.25) is 4.98 Å². The summed E-state index contributed by atoms with van der Waals surface area (Å²) in [5, 5.41) is 0.731. The number of nitrogens with zero attached hydrogens (tertiary/aromatic N) is 2. The van der Waals surface area contributed by atoms with Crippen LogP contribution >= 0.6 is 0 Å². The van der Waals surface area contributed by atoms with Gasteiger partial charge in [-0.25, -0.2) is 8.42 Å². The zero-order valence-electron chi connectivity index (χ0n) is 16.6. The molecule has 0 atom stereocenters. The molecule has 8 heteroatoms. The highest BCUT2D eigenvalue weighted by Gasteiger charge is 2.29. The van der Waals surface area contributed by atoms with Gasteiger partial charge in [-0.2, -0.15) is 0 Å². The second-order valence-corrected chi connectivity index (χ2v) is 9.32. The third-order valence-electron chi connectivity index (χ3n) is 5.42. The van der Waals surface area contributed by atoms with Crippen LogP contribution in [-0.4, -0.2) is 52.9 Å². The van der Waals surface area contributed by atoms with Crippen molar-refractivity contribution in [2.45, 2.75) is 16.7 Å². The molecule has 0 saturated carbocycles. The molecule has 2 aliphatic rings. The van der Waals surface area contributed by atoms with Gasteiger partial charge >= 0.3 is 0 Å². The molecule has 0 aliphatic carbocycles. The number of sulfone groups is 1. The Morgan fingerprint density at radius 3 is 2.30 bits per heavy atom. The second kappa shape index (κ2) is 7.45. The summed E-state index contributed by atoms with van der Waals surface area (Å²) in [7, 11) is -3.77. The summed E-state index contributed by atoms with van der Waals surface area (Å²) >= 11 is 0. The first-order valence-corrected chi connectivity index (χ1v) is 11.4. The molecule has 0 N–H and O–H groups in total. The predicted octanol–water partition coefficient (Wildman–Crippen LogP) is 2.98. The highest BCUT2D eigenvalue weighted by atomic mass is 32.2. The number of hydrogen-bond acceptors (Lipinski definition) is 7. The van der Waals surface area contributed by atoms with Crippen LogP contribution in [0.5, 0.6) is 11.5 Å². The number of aromatic nitrogens is 1. The number of rotatable bonds is 3. The summed E-state index contributed by atoms with van der Waals surface area (Å²) in [6.07, 6.45) is 1.46. The summed E-state index contributed by atoms with van der Waals surface area (Å²) in [6.45, 7) is 5.15. The number of pyridine rings is 1. The van der Waals surface area contributed by atoms with Crippen molar-refractivity contribution >= 4 is 26.4 Å². The Bertz CT molecular complexity index is 1200. The van der Waals surface area contributed by atoms with Gasteiger partial charge in [0.2, 0.25) is 9.84 Å². The highest BCUT2D eigenvalue weighted by molar-refractivity contribution is 7.91. The molecule has 1 aromatic heterocycles. The summed E-state index contributed by atoms with van der Waals surface area (Å²) in [6, 6.07) is 10.5. The van der Waals surface area contributed by atoms with Gasteiger partial charge in [0.05, 0.1) is 29.3 Å². The van der Waals surface area contributed by atoms with Gasteiger partial charge in [0, 0.05) is 30.7 Å². The van der Waals surface area contributed by atoms with Gasteiger partial charge in [-0.05, 0) is 25.1 Å². The highest BCUT2D eigenvalue weighted by Crippen LogP contribution is 2.41. The molecule has 0 radical (unpaired) electrons. The van der Waals surface area contributed by atoms with E-state index in [1.807, 2.05) is 19.1 Å². The Labute approximate surface area is 175 Å². The predicted molar refractivity (Wildman–Crippen MR) is 112 cm³/mol. The molecule has 156 valence electrons. The number of anilines is 1. The van der Waals surface area contributed by atoms with Gasteiger partial charge in [0.1, 0.15) is 18.1 Å². The summed E-state index contributed by atoms with van der Waals surface area (Å²) in [5.74, 6) is 1.23. The Morgan fingerprint density at radius 1 is 0.933 bits per heavy atom. The Morgan fingerprint density at radius 2 is 1.60 bits per heavy atom. The average molecular weight is 426 g/mol.